The molecule has 1 fully saturated rings. The molecule has 2 aliphatic rings. The van der Waals surface area contributed by atoms with Crippen molar-refractivity contribution in [1.82, 2.24) is 5.39 Å². The minimum atomic E-state index is -0.0648. The van der Waals surface area contributed by atoms with Gasteiger partial charge in [-0.25, -0.2) is 5.39 Å². The quantitative estimate of drug-likeness (QED) is 0.462. The SMILES string of the molecule is O=C1C=CC=C2ONBC12. The normalized spacial score (nSPS) is 28.6. The first-order valence-corrected chi connectivity index (χ1v) is 3.20. The van der Waals surface area contributed by atoms with E-state index in [1.807, 2.05) is 6.08 Å². The third-order valence-electron chi connectivity index (χ3n) is 1.69. The topological polar surface area (TPSA) is 38.3 Å². The van der Waals surface area contributed by atoms with Gasteiger partial charge in [-0.1, -0.05) is 6.08 Å². The molecule has 0 aromatic heterocycles. The van der Waals surface area contributed by atoms with E-state index in [4.69, 9.17) is 4.84 Å². The van der Waals surface area contributed by atoms with Crippen LogP contribution in [0.4, 0.5) is 0 Å². The van der Waals surface area contributed by atoms with E-state index in [1.54, 1.807) is 12.2 Å². The number of rotatable bonds is 0. The van der Waals surface area contributed by atoms with Gasteiger partial charge in [-0.15, -0.1) is 0 Å². The Labute approximate surface area is 59.0 Å². The molecule has 1 heterocycles. The molecule has 0 bridgehead atoms. The van der Waals surface area contributed by atoms with Gasteiger partial charge in [0.2, 0.25) is 0 Å². The molecule has 0 radical (unpaired) electrons. The second-order valence-electron chi connectivity index (χ2n) is 2.33. The van der Waals surface area contributed by atoms with Crippen molar-refractivity contribution in [2.75, 3.05) is 0 Å². The molecule has 1 saturated heterocycles. The van der Waals surface area contributed by atoms with E-state index in [1.165, 1.54) is 0 Å². The Balaban J connectivity index is 2.33. The highest BCUT2D eigenvalue weighted by Gasteiger charge is 2.31. The molecular formula is C6H6BNO2. The first kappa shape index (κ1) is 5.74. The summed E-state index contributed by atoms with van der Waals surface area (Å²) in [6, 6.07) is 0. The smallest absolute Gasteiger partial charge is 0.269 e. The van der Waals surface area contributed by atoms with Crippen LogP contribution >= 0.6 is 0 Å². The summed E-state index contributed by atoms with van der Waals surface area (Å²) in [4.78, 5) is 16.0. The molecule has 4 heteroatoms. The lowest BCUT2D eigenvalue weighted by Gasteiger charge is -2.06. The van der Waals surface area contributed by atoms with Crippen LogP contribution in [0, 0.1) is 0 Å². The molecule has 0 aromatic rings. The van der Waals surface area contributed by atoms with E-state index in [2.05, 4.69) is 5.39 Å². The van der Waals surface area contributed by atoms with Crippen LogP contribution in [0.3, 0.4) is 0 Å². The van der Waals surface area contributed by atoms with Gasteiger partial charge >= 0.3 is 0 Å². The van der Waals surface area contributed by atoms with E-state index in [-0.39, 0.29) is 11.6 Å². The van der Waals surface area contributed by atoms with Crippen molar-refractivity contribution in [2.45, 2.75) is 5.82 Å². The van der Waals surface area contributed by atoms with E-state index in [0.29, 0.717) is 7.41 Å². The van der Waals surface area contributed by atoms with E-state index in [9.17, 15) is 4.79 Å². The number of ketones is 1. The molecular weight excluding hydrogens is 129 g/mol. The molecule has 1 unspecified atom stereocenters. The van der Waals surface area contributed by atoms with Gasteiger partial charge in [-0.3, -0.25) is 4.79 Å². The van der Waals surface area contributed by atoms with Crippen molar-refractivity contribution in [3.63, 3.8) is 0 Å². The van der Waals surface area contributed by atoms with Crippen molar-refractivity contribution in [2.24, 2.45) is 0 Å². The van der Waals surface area contributed by atoms with Crippen LogP contribution in [0.5, 0.6) is 0 Å². The largest absolute Gasteiger partial charge is 0.425 e. The fraction of sp³-hybridized carbons (Fsp3) is 0.167. The first-order valence-electron chi connectivity index (χ1n) is 3.20. The number of fused-ring (bicyclic) bond motifs is 1. The zero-order chi connectivity index (χ0) is 6.97. The van der Waals surface area contributed by atoms with E-state index >= 15 is 0 Å². The summed E-state index contributed by atoms with van der Waals surface area (Å²) in [6.45, 7) is 0. The Morgan fingerprint density at radius 2 is 2.60 bits per heavy atom. The fourth-order valence-electron chi connectivity index (χ4n) is 1.12. The zero-order valence-electron chi connectivity index (χ0n) is 5.33. The van der Waals surface area contributed by atoms with Crippen molar-refractivity contribution in [3.8, 4) is 0 Å². The van der Waals surface area contributed by atoms with Gasteiger partial charge < -0.3 is 4.84 Å². The number of carbonyl (C=O) groups excluding carboxylic acids is 1. The van der Waals surface area contributed by atoms with E-state index in [0.717, 1.165) is 5.76 Å². The standard InChI is InChI=1S/C6H6BNO2/c9-4-2-1-3-5-6(4)7-8-10-5/h1-3,6-8H. The number of hydrogen-bond acceptors (Lipinski definition) is 3. The minimum Gasteiger partial charge on any atom is -0.425 e. The molecule has 0 saturated carbocycles. The van der Waals surface area contributed by atoms with Crippen LogP contribution in [-0.2, 0) is 9.63 Å². The van der Waals surface area contributed by atoms with Crippen LogP contribution < -0.4 is 5.39 Å². The van der Waals surface area contributed by atoms with Crippen molar-refractivity contribution >= 4 is 13.2 Å². The fourth-order valence-corrected chi connectivity index (χ4v) is 1.12. The summed E-state index contributed by atoms with van der Waals surface area (Å²) in [5.41, 5.74) is 0. The van der Waals surface area contributed by atoms with Gasteiger partial charge in [0, 0.05) is 0 Å². The maximum absolute atomic E-state index is 11.0. The molecule has 1 aliphatic heterocycles. The molecule has 1 aliphatic carbocycles. The van der Waals surface area contributed by atoms with Gasteiger partial charge in [0.05, 0.1) is 5.82 Å². The van der Waals surface area contributed by atoms with Gasteiger partial charge in [-0.2, -0.15) is 0 Å². The zero-order valence-corrected chi connectivity index (χ0v) is 5.33. The van der Waals surface area contributed by atoms with Crippen molar-refractivity contribution < 1.29 is 9.63 Å². The third kappa shape index (κ3) is 0.692. The molecule has 2 rings (SSSR count). The second-order valence-corrected chi connectivity index (χ2v) is 2.33. The number of allylic oxidation sites excluding steroid dienone is 4. The third-order valence-corrected chi connectivity index (χ3v) is 1.69. The lowest BCUT2D eigenvalue weighted by atomic mass is 9.72. The van der Waals surface area contributed by atoms with Crippen molar-refractivity contribution in [3.05, 3.63) is 24.0 Å². The summed E-state index contributed by atoms with van der Waals surface area (Å²) >= 11 is 0. The number of nitrogens with one attached hydrogen (secondary N) is 1. The minimum absolute atomic E-state index is 0.0648. The average molecular weight is 135 g/mol. The molecule has 3 nitrogen and oxygen atoms in total. The monoisotopic (exact) mass is 135 g/mol. The molecule has 0 amide bonds. The van der Waals surface area contributed by atoms with E-state index < -0.39 is 0 Å². The highest BCUT2D eigenvalue weighted by atomic mass is 16.6. The molecule has 0 aromatic carbocycles. The Hall–Kier alpha value is -1.03. The van der Waals surface area contributed by atoms with Crippen molar-refractivity contribution in [1.29, 1.82) is 0 Å². The Kier molecular flexibility index (Phi) is 1.14. The lowest BCUT2D eigenvalue weighted by molar-refractivity contribution is -0.114. The summed E-state index contributed by atoms with van der Waals surface area (Å²) in [5, 5.41) is 2.67. The molecule has 0 spiro atoms. The molecule has 50 valence electrons. The maximum atomic E-state index is 11.0. The first-order chi connectivity index (χ1) is 4.88. The predicted molar refractivity (Wildman–Crippen MR) is 37.3 cm³/mol. The summed E-state index contributed by atoms with van der Waals surface area (Å²) in [6.07, 6.45) is 5.10. The van der Waals surface area contributed by atoms with Crippen LogP contribution in [0.15, 0.2) is 24.0 Å². The summed E-state index contributed by atoms with van der Waals surface area (Å²) in [5.74, 6) is 0.806. The summed E-state index contributed by atoms with van der Waals surface area (Å²) in [7, 11) is 0.606. The van der Waals surface area contributed by atoms with Crippen LogP contribution in [0.2, 0.25) is 5.82 Å². The molecule has 1 N–H and O–H groups in total. The van der Waals surface area contributed by atoms with Crippen LogP contribution in [0.1, 0.15) is 0 Å². The molecule has 10 heavy (non-hydrogen) atoms. The lowest BCUT2D eigenvalue weighted by Crippen LogP contribution is -2.16. The summed E-state index contributed by atoms with van der Waals surface area (Å²) < 4.78 is 0. The highest BCUT2D eigenvalue weighted by Crippen LogP contribution is 2.25. The van der Waals surface area contributed by atoms with Crippen LogP contribution in [-0.4, -0.2) is 13.2 Å². The highest BCUT2D eigenvalue weighted by molar-refractivity contribution is 6.45. The average Bonchev–Trinajstić information content (AvgIpc) is 2.36. The number of carbonyl (C=O) groups is 1. The predicted octanol–water partition coefficient (Wildman–Crippen LogP) is -0.316. The Bertz CT molecular complexity index is 234. The number of hydrogen-bond donors (Lipinski definition) is 1. The maximum Gasteiger partial charge on any atom is 0.269 e. The van der Waals surface area contributed by atoms with Gasteiger partial charge in [0.25, 0.3) is 7.41 Å². The van der Waals surface area contributed by atoms with Gasteiger partial charge in [0.15, 0.2) is 5.78 Å². The van der Waals surface area contributed by atoms with Gasteiger partial charge in [0.1, 0.15) is 5.76 Å². The second kappa shape index (κ2) is 1.99. The Morgan fingerprint density at radius 3 is 3.40 bits per heavy atom. The Morgan fingerprint density at radius 1 is 1.70 bits per heavy atom. The van der Waals surface area contributed by atoms with Crippen LogP contribution in [0.25, 0.3) is 0 Å². The molecule has 1 atom stereocenters. The van der Waals surface area contributed by atoms with Gasteiger partial charge in [-0.05, 0) is 12.2 Å².